The van der Waals surface area contributed by atoms with Crippen molar-refractivity contribution in [1.82, 2.24) is 4.90 Å². The Morgan fingerprint density at radius 1 is 1.20 bits per heavy atom. The number of methoxy groups -OCH3 is 1. The van der Waals surface area contributed by atoms with E-state index in [0.717, 1.165) is 5.75 Å². The lowest BCUT2D eigenvalue weighted by Crippen LogP contribution is -2.27. The van der Waals surface area contributed by atoms with Crippen molar-refractivity contribution in [2.45, 2.75) is 0 Å². The molecule has 5 nitrogen and oxygen atoms in total. The molecule has 2 aromatic carbocycles. The SMILES string of the molecule is C=CCN1C(=O)/C(=C/c2cc(Cl)c(OCCOc3ccccc3)c(OC)c2)SC1=S. The van der Waals surface area contributed by atoms with Gasteiger partial charge in [-0.25, -0.2) is 0 Å². The highest BCUT2D eigenvalue weighted by Crippen LogP contribution is 2.39. The maximum atomic E-state index is 12.5. The van der Waals surface area contributed by atoms with Crippen LogP contribution in [0.4, 0.5) is 0 Å². The number of amides is 1. The number of rotatable bonds is 9. The maximum Gasteiger partial charge on any atom is 0.266 e. The molecule has 1 heterocycles. The molecule has 0 radical (unpaired) electrons. The quantitative estimate of drug-likeness (QED) is 0.221. The van der Waals surface area contributed by atoms with Gasteiger partial charge >= 0.3 is 0 Å². The lowest BCUT2D eigenvalue weighted by molar-refractivity contribution is -0.121. The van der Waals surface area contributed by atoms with Crippen molar-refractivity contribution in [3.8, 4) is 17.2 Å². The van der Waals surface area contributed by atoms with E-state index >= 15 is 0 Å². The molecule has 8 heteroatoms. The predicted octanol–water partition coefficient (Wildman–Crippen LogP) is 5.19. The minimum atomic E-state index is -0.154. The molecule has 30 heavy (non-hydrogen) atoms. The van der Waals surface area contributed by atoms with E-state index in [9.17, 15) is 4.79 Å². The Bertz CT molecular complexity index is 979. The Morgan fingerprint density at radius 2 is 1.93 bits per heavy atom. The monoisotopic (exact) mass is 461 g/mol. The fourth-order valence-electron chi connectivity index (χ4n) is 2.72. The van der Waals surface area contributed by atoms with Gasteiger partial charge in [-0.05, 0) is 35.9 Å². The van der Waals surface area contributed by atoms with E-state index in [0.29, 0.717) is 51.1 Å². The Balaban J connectivity index is 1.70. The van der Waals surface area contributed by atoms with Crippen molar-refractivity contribution in [1.29, 1.82) is 0 Å². The minimum Gasteiger partial charge on any atom is -0.493 e. The summed E-state index contributed by atoms with van der Waals surface area (Å²) in [6, 6.07) is 13.0. The van der Waals surface area contributed by atoms with Crippen molar-refractivity contribution in [3.05, 3.63) is 70.6 Å². The highest BCUT2D eigenvalue weighted by Gasteiger charge is 2.31. The smallest absolute Gasteiger partial charge is 0.266 e. The summed E-state index contributed by atoms with van der Waals surface area (Å²) in [5, 5.41) is 0.377. The molecule has 0 saturated carbocycles. The number of benzene rings is 2. The number of ether oxygens (including phenoxy) is 3. The zero-order valence-corrected chi connectivity index (χ0v) is 18.7. The van der Waals surface area contributed by atoms with E-state index in [1.165, 1.54) is 23.8 Å². The van der Waals surface area contributed by atoms with E-state index in [1.54, 1.807) is 24.3 Å². The minimum absolute atomic E-state index is 0.154. The lowest BCUT2D eigenvalue weighted by atomic mass is 10.1. The summed E-state index contributed by atoms with van der Waals surface area (Å²) in [5.74, 6) is 1.50. The molecule has 0 unspecified atom stereocenters. The van der Waals surface area contributed by atoms with Crippen LogP contribution in [-0.4, -0.2) is 42.0 Å². The summed E-state index contributed by atoms with van der Waals surface area (Å²) in [6.07, 6.45) is 3.38. The molecule has 0 aromatic heterocycles. The average Bonchev–Trinajstić information content (AvgIpc) is 3.00. The molecule has 2 aromatic rings. The lowest BCUT2D eigenvalue weighted by Gasteiger charge is -2.14. The molecule has 1 fully saturated rings. The molecule has 0 bridgehead atoms. The summed E-state index contributed by atoms with van der Waals surface area (Å²) in [5.41, 5.74) is 0.712. The maximum absolute atomic E-state index is 12.5. The summed E-state index contributed by atoms with van der Waals surface area (Å²) < 4.78 is 17.3. The van der Waals surface area contributed by atoms with Crippen LogP contribution >= 0.6 is 35.6 Å². The van der Waals surface area contributed by atoms with Crippen LogP contribution in [0.1, 0.15) is 5.56 Å². The first kappa shape index (κ1) is 22.2. The first-order valence-electron chi connectivity index (χ1n) is 9.08. The van der Waals surface area contributed by atoms with Gasteiger partial charge in [0.15, 0.2) is 11.5 Å². The number of thioether (sulfide) groups is 1. The molecule has 3 rings (SSSR count). The van der Waals surface area contributed by atoms with E-state index in [1.807, 2.05) is 30.3 Å². The third-order valence-corrected chi connectivity index (χ3v) is 5.73. The van der Waals surface area contributed by atoms with Gasteiger partial charge in [-0.1, -0.05) is 59.9 Å². The summed E-state index contributed by atoms with van der Waals surface area (Å²) in [7, 11) is 1.53. The van der Waals surface area contributed by atoms with Gasteiger partial charge in [0.1, 0.15) is 23.3 Å². The number of hydrogen-bond donors (Lipinski definition) is 0. The van der Waals surface area contributed by atoms with Crippen LogP contribution in [0.15, 0.2) is 60.0 Å². The number of carbonyl (C=O) groups is 1. The molecule has 0 atom stereocenters. The predicted molar refractivity (Wildman–Crippen MR) is 126 cm³/mol. The van der Waals surface area contributed by atoms with Crippen molar-refractivity contribution in [2.75, 3.05) is 26.9 Å². The second kappa shape index (κ2) is 10.5. The normalized spacial score (nSPS) is 14.9. The molecule has 0 spiro atoms. The van der Waals surface area contributed by atoms with Gasteiger partial charge in [0, 0.05) is 6.54 Å². The van der Waals surface area contributed by atoms with Gasteiger partial charge in [-0.2, -0.15) is 0 Å². The zero-order valence-electron chi connectivity index (χ0n) is 16.3. The van der Waals surface area contributed by atoms with E-state index in [2.05, 4.69) is 6.58 Å². The van der Waals surface area contributed by atoms with Gasteiger partial charge in [0.25, 0.3) is 5.91 Å². The highest BCUT2D eigenvalue weighted by molar-refractivity contribution is 8.26. The summed E-state index contributed by atoms with van der Waals surface area (Å²) in [6.45, 7) is 4.69. The molecule has 156 valence electrons. The average molecular weight is 462 g/mol. The molecule has 1 aliphatic rings. The number of para-hydroxylation sites is 1. The van der Waals surface area contributed by atoms with Gasteiger partial charge in [0.05, 0.1) is 17.0 Å². The number of hydrogen-bond acceptors (Lipinski definition) is 6. The van der Waals surface area contributed by atoms with E-state index in [4.69, 9.17) is 38.0 Å². The van der Waals surface area contributed by atoms with Gasteiger partial charge in [0.2, 0.25) is 0 Å². The molecule has 1 aliphatic heterocycles. The second-order valence-corrected chi connectivity index (χ2v) is 8.21. The summed E-state index contributed by atoms with van der Waals surface area (Å²) >= 11 is 12.9. The fourth-order valence-corrected chi connectivity index (χ4v) is 4.27. The molecule has 1 saturated heterocycles. The Hall–Kier alpha value is -2.48. The van der Waals surface area contributed by atoms with Crippen LogP contribution in [0.25, 0.3) is 6.08 Å². The molecular formula is C22H20ClNO4S2. The first-order chi connectivity index (χ1) is 14.5. The standard InChI is InChI=1S/C22H20ClNO4S2/c1-3-9-24-21(25)19(30-22(24)29)14-15-12-17(23)20(18(13-15)26-2)28-11-10-27-16-7-5-4-6-8-16/h3-8,12-14H,1,9-11H2,2H3/b19-14-. The van der Waals surface area contributed by atoms with Gasteiger partial charge in [-0.15, -0.1) is 6.58 Å². The van der Waals surface area contributed by atoms with E-state index in [-0.39, 0.29) is 5.91 Å². The van der Waals surface area contributed by atoms with E-state index < -0.39 is 0 Å². The topological polar surface area (TPSA) is 48.0 Å². The van der Waals surface area contributed by atoms with Crippen molar-refractivity contribution in [2.24, 2.45) is 0 Å². The van der Waals surface area contributed by atoms with Crippen LogP contribution in [0.5, 0.6) is 17.2 Å². The number of halogens is 1. The van der Waals surface area contributed by atoms with Gasteiger partial charge in [-0.3, -0.25) is 9.69 Å². The Labute approximate surface area is 190 Å². The Morgan fingerprint density at radius 3 is 2.63 bits per heavy atom. The first-order valence-corrected chi connectivity index (χ1v) is 10.7. The third-order valence-electron chi connectivity index (χ3n) is 4.08. The molecular weight excluding hydrogens is 442 g/mol. The molecule has 0 aliphatic carbocycles. The number of carbonyl (C=O) groups excluding carboxylic acids is 1. The number of thiocarbonyl (C=S) groups is 1. The van der Waals surface area contributed by atoms with Crippen LogP contribution in [-0.2, 0) is 4.79 Å². The van der Waals surface area contributed by atoms with Gasteiger partial charge < -0.3 is 14.2 Å². The number of nitrogens with zero attached hydrogens (tertiary/aromatic N) is 1. The van der Waals surface area contributed by atoms with Crippen LogP contribution in [0.2, 0.25) is 5.02 Å². The van der Waals surface area contributed by atoms with Crippen molar-refractivity contribution < 1.29 is 19.0 Å². The largest absolute Gasteiger partial charge is 0.493 e. The molecule has 0 N–H and O–H groups in total. The third kappa shape index (κ3) is 5.36. The van der Waals surface area contributed by atoms with Crippen LogP contribution in [0, 0.1) is 0 Å². The zero-order chi connectivity index (χ0) is 21.5. The van der Waals surface area contributed by atoms with Crippen LogP contribution < -0.4 is 14.2 Å². The Kier molecular flexibility index (Phi) is 7.79. The fraction of sp³-hybridized carbons (Fsp3) is 0.182. The highest BCUT2D eigenvalue weighted by atomic mass is 35.5. The summed E-state index contributed by atoms with van der Waals surface area (Å²) in [4.78, 5) is 14.5. The van der Waals surface area contributed by atoms with Crippen molar-refractivity contribution in [3.63, 3.8) is 0 Å². The van der Waals surface area contributed by atoms with Crippen LogP contribution in [0.3, 0.4) is 0 Å². The molecule has 1 amide bonds. The van der Waals surface area contributed by atoms with Crippen molar-refractivity contribution >= 4 is 51.9 Å². The second-order valence-electron chi connectivity index (χ2n) is 6.13.